The van der Waals surface area contributed by atoms with Gasteiger partial charge in [0.2, 0.25) is 0 Å². The third kappa shape index (κ3) is 2.07. The molecule has 4 nitrogen and oxygen atoms in total. The molecule has 3 N–H and O–H groups in total. The van der Waals surface area contributed by atoms with E-state index >= 15 is 0 Å². The number of hydrogen-bond acceptors (Lipinski definition) is 2. The Hall–Kier alpha value is -1.32. The highest BCUT2D eigenvalue weighted by atomic mass is 15.0. The fourth-order valence-corrected chi connectivity index (χ4v) is 0.884. The standard InChI is InChI=1S/C7H12N4/c1-11-5-4-10-7(11)3-2-6(8)9/h4-5H,2-3H2,1H3,(H3,8,9). The lowest BCUT2D eigenvalue weighted by Crippen LogP contribution is -2.11. The lowest BCUT2D eigenvalue weighted by molar-refractivity contribution is 0.786. The summed E-state index contributed by atoms with van der Waals surface area (Å²) in [4.78, 5) is 4.10. The van der Waals surface area contributed by atoms with Crippen LogP contribution in [0.15, 0.2) is 12.4 Å². The Morgan fingerprint density at radius 2 is 2.55 bits per heavy atom. The molecule has 0 aliphatic carbocycles. The quantitative estimate of drug-likeness (QED) is 0.483. The summed E-state index contributed by atoms with van der Waals surface area (Å²) in [6.07, 6.45) is 4.97. The maximum Gasteiger partial charge on any atom is 0.108 e. The molecule has 1 aromatic heterocycles. The van der Waals surface area contributed by atoms with Gasteiger partial charge in [0.25, 0.3) is 0 Å². The van der Waals surface area contributed by atoms with E-state index in [4.69, 9.17) is 11.1 Å². The Balaban J connectivity index is 2.51. The van der Waals surface area contributed by atoms with Crippen LogP contribution in [-0.2, 0) is 13.5 Å². The van der Waals surface area contributed by atoms with Crippen molar-refractivity contribution in [3.63, 3.8) is 0 Å². The largest absolute Gasteiger partial charge is 0.388 e. The van der Waals surface area contributed by atoms with Crippen molar-refractivity contribution in [3.8, 4) is 0 Å². The van der Waals surface area contributed by atoms with Gasteiger partial charge in [0, 0.05) is 32.3 Å². The Labute approximate surface area is 65.6 Å². The van der Waals surface area contributed by atoms with Crippen molar-refractivity contribution in [3.05, 3.63) is 18.2 Å². The van der Waals surface area contributed by atoms with Crippen molar-refractivity contribution in [2.45, 2.75) is 12.8 Å². The van der Waals surface area contributed by atoms with Gasteiger partial charge in [0.1, 0.15) is 5.82 Å². The van der Waals surface area contributed by atoms with Gasteiger partial charge in [-0.05, 0) is 0 Å². The van der Waals surface area contributed by atoms with Crippen LogP contribution in [0.2, 0.25) is 0 Å². The molecule has 0 amide bonds. The fraction of sp³-hybridized carbons (Fsp3) is 0.429. The smallest absolute Gasteiger partial charge is 0.108 e. The molecule has 60 valence electrons. The lowest BCUT2D eigenvalue weighted by atomic mass is 10.3. The fourth-order valence-electron chi connectivity index (χ4n) is 0.884. The molecule has 0 saturated carbocycles. The molecule has 11 heavy (non-hydrogen) atoms. The van der Waals surface area contributed by atoms with Crippen molar-refractivity contribution < 1.29 is 0 Å². The summed E-state index contributed by atoms with van der Waals surface area (Å²) in [5.74, 6) is 1.19. The van der Waals surface area contributed by atoms with Gasteiger partial charge in [-0.25, -0.2) is 4.98 Å². The summed E-state index contributed by atoms with van der Waals surface area (Å²) < 4.78 is 1.93. The predicted molar refractivity (Wildman–Crippen MR) is 43.4 cm³/mol. The first kappa shape index (κ1) is 7.78. The van der Waals surface area contributed by atoms with Gasteiger partial charge in [-0.1, -0.05) is 0 Å². The average molecular weight is 152 g/mol. The van der Waals surface area contributed by atoms with Gasteiger partial charge in [-0.3, -0.25) is 5.41 Å². The second-order valence-corrected chi connectivity index (χ2v) is 2.48. The number of aryl methyl sites for hydroxylation is 2. The molecule has 0 unspecified atom stereocenters. The molecule has 0 saturated heterocycles. The first-order chi connectivity index (χ1) is 5.20. The van der Waals surface area contributed by atoms with Crippen LogP contribution in [0.3, 0.4) is 0 Å². The molecule has 0 fully saturated rings. The van der Waals surface area contributed by atoms with E-state index < -0.39 is 0 Å². The minimum absolute atomic E-state index is 0.216. The normalized spacial score (nSPS) is 9.91. The predicted octanol–water partition coefficient (Wildman–Crippen LogP) is 0.289. The highest BCUT2D eigenvalue weighted by molar-refractivity contribution is 5.76. The van der Waals surface area contributed by atoms with E-state index in [9.17, 15) is 0 Å². The molecule has 0 aliphatic rings. The topological polar surface area (TPSA) is 67.7 Å². The molecular formula is C7H12N4. The van der Waals surface area contributed by atoms with Crippen LogP contribution in [0.4, 0.5) is 0 Å². The van der Waals surface area contributed by atoms with E-state index in [-0.39, 0.29) is 5.84 Å². The number of rotatable bonds is 3. The number of nitrogens with one attached hydrogen (secondary N) is 1. The van der Waals surface area contributed by atoms with Gasteiger partial charge in [0.15, 0.2) is 0 Å². The van der Waals surface area contributed by atoms with Crippen molar-refractivity contribution >= 4 is 5.84 Å². The van der Waals surface area contributed by atoms with Crippen molar-refractivity contribution in [1.82, 2.24) is 9.55 Å². The third-order valence-corrected chi connectivity index (χ3v) is 1.54. The first-order valence-electron chi connectivity index (χ1n) is 3.49. The van der Waals surface area contributed by atoms with Crippen LogP contribution in [0.5, 0.6) is 0 Å². The maximum atomic E-state index is 7.01. The van der Waals surface area contributed by atoms with Crippen LogP contribution in [-0.4, -0.2) is 15.4 Å². The molecule has 0 atom stereocenters. The Morgan fingerprint density at radius 1 is 1.82 bits per heavy atom. The molecule has 0 bridgehead atoms. The number of hydrogen-bond donors (Lipinski definition) is 2. The zero-order chi connectivity index (χ0) is 8.27. The van der Waals surface area contributed by atoms with Crippen molar-refractivity contribution in [2.24, 2.45) is 12.8 Å². The molecular weight excluding hydrogens is 140 g/mol. The molecule has 1 rings (SSSR count). The Morgan fingerprint density at radius 3 is 3.00 bits per heavy atom. The summed E-state index contributed by atoms with van der Waals surface area (Å²) in [6.45, 7) is 0. The zero-order valence-electron chi connectivity index (χ0n) is 6.54. The van der Waals surface area contributed by atoms with E-state index in [2.05, 4.69) is 4.98 Å². The number of imidazole rings is 1. The maximum absolute atomic E-state index is 7.01. The van der Waals surface area contributed by atoms with Crippen LogP contribution < -0.4 is 5.73 Å². The molecule has 0 spiro atoms. The lowest BCUT2D eigenvalue weighted by Gasteiger charge is -1.99. The number of aromatic nitrogens is 2. The number of nitrogens with zero attached hydrogens (tertiary/aromatic N) is 2. The monoisotopic (exact) mass is 152 g/mol. The van der Waals surface area contributed by atoms with Gasteiger partial charge >= 0.3 is 0 Å². The molecule has 1 aromatic rings. The molecule has 0 radical (unpaired) electrons. The van der Waals surface area contributed by atoms with E-state index in [0.29, 0.717) is 6.42 Å². The molecule has 1 heterocycles. The zero-order valence-corrected chi connectivity index (χ0v) is 6.54. The summed E-state index contributed by atoms with van der Waals surface area (Å²) in [5.41, 5.74) is 5.21. The summed E-state index contributed by atoms with van der Waals surface area (Å²) in [7, 11) is 1.93. The van der Waals surface area contributed by atoms with Crippen LogP contribution >= 0.6 is 0 Å². The Bertz CT molecular complexity index is 251. The van der Waals surface area contributed by atoms with E-state index in [1.165, 1.54) is 0 Å². The van der Waals surface area contributed by atoms with Crippen molar-refractivity contribution in [2.75, 3.05) is 0 Å². The second kappa shape index (κ2) is 3.18. The van der Waals surface area contributed by atoms with Crippen molar-refractivity contribution in [1.29, 1.82) is 5.41 Å². The van der Waals surface area contributed by atoms with Gasteiger partial charge in [0.05, 0.1) is 5.84 Å². The molecule has 0 aliphatic heterocycles. The SMILES string of the molecule is Cn1ccnc1CCC(=N)N. The highest BCUT2D eigenvalue weighted by Crippen LogP contribution is 1.97. The van der Waals surface area contributed by atoms with Gasteiger partial charge in [-0.15, -0.1) is 0 Å². The second-order valence-electron chi connectivity index (χ2n) is 2.48. The minimum atomic E-state index is 0.216. The minimum Gasteiger partial charge on any atom is -0.388 e. The average Bonchev–Trinajstić information content (AvgIpc) is 2.31. The van der Waals surface area contributed by atoms with Gasteiger partial charge in [-0.2, -0.15) is 0 Å². The van der Waals surface area contributed by atoms with E-state index in [0.717, 1.165) is 12.2 Å². The number of amidine groups is 1. The van der Waals surface area contributed by atoms with Gasteiger partial charge < -0.3 is 10.3 Å². The summed E-state index contributed by atoms with van der Waals surface area (Å²) in [6, 6.07) is 0. The first-order valence-corrected chi connectivity index (χ1v) is 3.49. The van der Waals surface area contributed by atoms with E-state index in [1.54, 1.807) is 6.20 Å². The highest BCUT2D eigenvalue weighted by Gasteiger charge is 1.98. The number of nitrogens with two attached hydrogens (primary N) is 1. The molecule has 4 heteroatoms. The Kier molecular flexibility index (Phi) is 2.25. The van der Waals surface area contributed by atoms with E-state index in [1.807, 2.05) is 17.8 Å². The van der Waals surface area contributed by atoms with Crippen LogP contribution in [0, 0.1) is 5.41 Å². The summed E-state index contributed by atoms with van der Waals surface area (Å²) >= 11 is 0. The summed E-state index contributed by atoms with van der Waals surface area (Å²) in [5, 5.41) is 7.01. The molecule has 0 aromatic carbocycles. The van der Waals surface area contributed by atoms with Crippen LogP contribution in [0.1, 0.15) is 12.2 Å². The third-order valence-electron chi connectivity index (χ3n) is 1.54. The van der Waals surface area contributed by atoms with Crippen LogP contribution in [0.25, 0.3) is 0 Å².